The van der Waals surface area contributed by atoms with E-state index in [1.54, 1.807) is 0 Å². The van der Waals surface area contributed by atoms with E-state index in [9.17, 15) is 13.2 Å². The highest BCUT2D eigenvalue weighted by molar-refractivity contribution is 7.91. The molecule has 8 nitrogen and oxygen atoms in total. The summed E-state index contributed by atoms with van der Waals surface area (Å²) < 4.78 is 22.6. The zero-order valence-corrected chi connectivity index (χ0v) is 11.4. The van der Waals surface area contributed by atoms with Crippen molar-refractivity contribution in [3.63, 3.8) is 0 Å². The van der Waals surface area contributed by atoms with Crippen LogP contribution in [-0.4, -0.2) is 55.6 Å². The zero-order chi connectivity index (χ0) is 14.5. The minimum absolute atomic E-state index is 0.00464. The number of nitrogens with zero attached hydrogens (tertiary/aromatic N) is 1. The Hall–Kier alpha value is -1.35. The van der Waals surface area contributed by atoms with Gasteiger partial charge in [0.05, 0.1) is 11.5 Å². The molecule has 0 aromatic carbocycles. The number of sulfone groups is 1. The highest BCUT2D eigenvalue weighted by Crippen LogP contribution is 2.13. The first-order valence-corrected chi connectivity index (χ1v) is 7.87. The lowest BCUT2D eigenvalue weighted by Gasteiger charge is -2.18. The van der Waals surface area contributed by atoms with Crippen molar-refractivity contribution in [1.82, 2.24) is 5.32 Å². The Bertz CT molecular complexity index is 444. The predicted octanol–water partition coefficient (Wildman–Crippen LogP) is -1.73. The Kier molecular flexibility index (Phi) is 5.55. The van der Waals surface area contributed by atoms with E-state index in [0.717, 1.165) is 0 Å². The number of aliphatic imine (C=N–C) groups is 1. The Morgan fingerprint density at radius 3 is 2.63 bits per heavy atom. The molecule has 1 fully saturated rings. The maximum atomic E-state index is 11.3. The summed E-state index contributed by atoms with van der Waals surface area (Å²) in [5.74, 6) is -0.897. The molecule has 6 N–H and O–H groups in total. The molecule has 0 spiro atoms. The minimum atomic E-state index is -3.01. The van der Waals surface area contributed by atoms with Crippen LogP contribution in [0.5, 0.6) is 0 Å². The van der Waals surface area contributed by atoms with Crippen molar-refractivity contribution in [3.8, 4) is 0 Å². The fourth-order valence-corrected chi connectivity index (χ4v) is 3.68. The van der Waals surface area contributed by atoms with E-state index in [-0.39, 0.29) is 23.5 Å². The second-order valence-corrected chi connectivity index (χ2v) is 6.83. The van der Waals surface area contributed by atoms with Gasteiger partial charge in [-0.25, -0.2) is 8.42 Å². The van der Waals surface area contributed by atoms with Crippen molar-refractivity contribution in [2.24, 2.45) is 16.5 Å². The standard InChI is InChI=1S/C10H20N4O4S/c11-10(12)13-4-1-2-8(9(15)16)14-7-3-5-19(17,18)6-7/h7-8,14H,1-6H2,(H,15,16)(H4,11,12,13)/t7-,8+/m1/s1. The van der Waals surface area contributed by atoms with Crippen LogP contribution in [0.2, 0.25) is 0 Å². The van der Waals surface area contributed by atoms with E-state index in [4.69, 9.17) is 16.6 Å². The molecule has 1 heterocycles. The number of rotatable bonds is 7. The zero-order valence-electron chi connectivity index (χ0n) is 10.6. The van der Waals surface area contributed by atoms with Crippen LogP contribution in [0.15, 0.2) is 4.99 Å². The molecular formula is C10H20N4O4S. The summed E-state index contributed by atoms with van der Waals surface area (Å²) >= 11 is 0. The summed E-state index contributed by atoms with van der Waals surface area (Å²) in [4.78, 5) is 14.8. The van der Waals surface area contributed by atoms with Gasteiger partial charge in [-0.3, -0.25) is 9.79 Å². The smallest absolute Gasteiger partial charge is 0.320 e. The molecule has 1 aliphatic heterocycles. The van der Waals surface area contributed by atoms with E-state index >= 15 is 0 Å². The Labute approximate surface area is 112 Å². The lowest BCUT2D eigenvalue weighted by molar-refractivity contribution is -0.139. The van der Waals surface area contributed by atoms with Crippen molar-refractivity contribution in [2.45, 2.75) is 31.3 Å². The molecule has 110 valence electrons. The molecule has 0 amide bonds. The molecule has 9 heteroatoms. The molecule has 0 aliphatic carbocycles. The van der Waals surface area contributed by atoms with Gasteiger partial charge >= 0.3 is 5.97 Å². The molecule has 0 aromatic heterocycles. The van der Waals surface area contributed by atoms with Gasteiger partial charge in [0.25, 0.3) is 0 Å². The number of aliphatic carboxylic acids is 1. The third-order valence-electron chi connectivity index (χ3n) is 2.91. The van der Waals surface area contributed by atoms with Crippen molar-refractivity contribution >= 4 is 21.8 Å². The van der Waals surface area contributed by atoms with Crippen LogP contribution < -0.4 is 16.8 Å². The second kappa shape index (κ2) is 6.71. The van der Waals surface area contributed by atoms with E-state index in [1.807, 2.05) is 0 Å². The molecule has 19 heavy (non-hydrogen) atoms. The summed E-state index contributed by atoms with van der Waals surface area (Å²) in [5.41, 5.74) is 10.3. The number of hydrogen-bond acceptors (Lipinski definition) is 5. The monoisotopic (exact) mass is 292 g/mol. The number of hydrogen-bond donors (Lipinski definition) is 4. The normalized spacial score (nSPS) is 22.8. The van der Waals surface area contributed by atoms with Gasteiger partial charge in [0.1, 0.15) is 6.04 Å². The molecule has 1 rings (SSSR count). The summed E-state index contributed by atoms with van der Waals surface area (Å²) in [5, 5.41) is 11.9. The average molecular weight is 292 g/mol. The van der Waals surface area contributed by atoms with Crippen molar-refractivity contribution < 1.29 is 18.3 Å². The number of carboxylic acid groups (broad SMARTS) is 1. The van der Waals surface area contributed by atoms with Gasteiger partial charge in [-0.2, -0.15) is 0 Å². The average Bonchev–Trinajstić information content (AvgIpc) is 2.62. The van der Waals surface area contributed by atoms with Gasteiger partial charge in [0.2, 0.25) is 0 Å². The molecule has 1 aliphatic rings. The highest BCUT2D eigenvalue weighted by Gasteiger charge is 2.30. The number of carboxylic acids is 1. The van der Waals surface area contributed by atoms with Crippen LogP contribution in [0, 0.1) is 0 Å². The van der Waals surface area contributed by atoms with Crippen molar-refractivity contribution in [3.05, 3.63) is 0 Å². The third kappa shape index (κ3) is 5.88. The maximum Gasteiger partial charge on any atom is 0.320 e. The highest BCUT2D eigenvalue weighted by atomic mass is 32.2. The van der Waals surface area contributed by atoms with E-state index < -0.39 is 21.8 Å². The fraction of sp³-hybridized carbons (Fsp3) is 0.800. The molecule has 0 aromatic rings. The molecular weight excluding hydrogens is 272 g/mol. The van der Waals surface area contributed by atoms with E-state index in [0.29, 0.717) is 25.8 Å². The first-order valence-electron chi connectivity index (χ1n) is 6.05. The summed E-state index contributed by atoms with van der Waals surface area (Å²) in [7, 11) is -3.01. The van der Waals surface area contributed by atoms with Gasteiger partial charge in [-0.1, -0.05) is 0 Å². The molecule has 0 saturated carbocycles. The lowest BCUT2D eigenvalue weighted by Crippen LogP contribution is -2.44. The Morgan fingerprint density at radius 2 is 2.16 bits per heavy atom. The summed E-state index contributed by atoms with van der Waals surface area (Å²) in [6.07, 6.45) is 1.32. The van der Waals surface area contributed by atoms with Crippen LogP contribution >= 0.6 is 0 Å². The topological polar surface area (TPSA) is 148 Å². The van der Waals surface area contributed by atoms with Crippen LogP contribution in [0.4, 0.5) is 0 Å². The van der Waals surface area contributed by atoms with Crippen LogP contribution in [0.3, 0.4) is 0 Å². The third-order valence-corrected chi connectivity index (χ3v) is 4.68. The number of nitrogens with two attached hydrogens (primary N) is 2. The van der Waals surface area contributed by atoms with Crippen LogP contribution in [-0.2, 0) is 14.6 Å². The van der Waals surface area contributed by atoms with E-state index in [1.165, 1.54) is 0 Å². The SMILES string of the molecule is NC(N)=NCCC[C@H](N[C@@H]1CCS(=O)(=O)C1)C(=O)O. The first kappa shape index (κ1) is 15.7. The summed E-state index contributed by atoms with van der Waals surface area (Å²) in [6, 6.07) is -1.05. The lowest BCUT2D eigenvalue weighted by atomic mass is 10.1. The van der Waals surface area contributed by atoms with Crippen LogP contribution in [0.25, 0.3) is 0 Å². The van der Waals surface area contributed by atoms with Gasteiger partial charge < -0.3 is 21.9 Å². The second-order valence-electron chi connectivity index (χ2n) is 4.61. The quantitative estimate of drug-likeness (QED) is 0.247. The molecule has 2 atom stereocenters. The number of nitrogens with one attached hydrogen (secondary N) is 1. The minimum Gasteiger partial charge on any atom is -0.480 e. The first-order chi connectivity index (χ1) is 8.80. The molecule has 0 bridgehead atoms. The number of guanidine groups is 1. The van der Waals surface area contributed by atoms with Gasteiger partial charge in [0.15, 0.2) is 15.8 Å². The predicted molar refractivity (Wildman–Crippen MR) is 71.5 cm³/mol. The van der Waals surface area contributed by atoms with Crippen molar-refractivity contribution in [2.75, 3.05) is 18.1 Å². The van der Waals surface area contributed by atoms with Crippen LogP contribution in [0.1, 0.15) is 19.3 Å². The van der Waals surface area contributed by atoms with Gasteiger partial charge in [-0.05, 0) is 19.3 Å². The maximum absolute atomic E-state index is 11.3. The fourth-order valence-electron chi connectivity index (χ4n) is 1.99. The molecule has 1 saturated heterocycles. The van der Waals surface area contributed by atoms with Crippen molar-refractivity contribution in [1.29, 1.82) is 0 Å². The Morgan fingerprint density at radius 1 is 1.47 bits per heavy atom. The molecule has 0 unspecified atom stereocenters. The largest absolute Gasteiger partial charge is 0.480 e. The number of carbonyl (C=O) groups is 1. The van der Waals surface area contributed by atoms with Gasteiger partial charge in [0, 0.05) is 12.6 Å². The Balaban J connectivity index is 2.41. The van der Waals surface area contributed by atoms with Gasteiger partial charge in [-0.15, -0.1) is 0 Å². The van der Waals surface area contributed by atoms with E-state index in [2.05, 4.69) is 10.3 Å². The molecule has 0 radical (unpaired) electrons. The summed E-state index contributed by atoms with van der Waals surface area (Å²) in [6.45, 7) is 0.358.